The summed E-state index contributed by atoms with van der Waals surface area (Å²) in [6.45, 7) is 3.27. The summed E-state index contributed by atoms with van der Waals surface area (Å²) >= 11 is 0. The first-order valence-corrected chi connectivity index (χ1v) is 7.51. The van der Waals surface area contributed by atoms with E-state index < -0.39 is 0 Å². The van der Waals surface area contributed by atoms with Gasteiger partial charge in [-0.1, -0.05) is 35.4 Å². The zero-order chi connectivity index (χ0) is 13.9. The number of para-hydroxylation sites is 2. The molecule has 1 aromatic rings. The number of rotatable bonds is 5. The first kappa shape index (κ1) is 13.3. The molecular formula is C18H23NO. The van der Waals surface area contributed by atoms with E-state index in [0.29, 0.717) is 0 Å². The topological polar surface area (TPSA) is 21.3 Å². The van der Waals surface area contributed by atoms with Gasteiger partial charge in [0.2, 0.25) is 0 Å². The molecule has 1 saturated carbocycles. The average Bonchev–Trinajstić information content (AvgIpc) is 3.26. The van der Waals surface area contributed by atoms with Crippen LogP contribution < -0.4 is 10.1 Å². The van der Waals surface area contributed by atoms with Gasteiger partial charge in [-0.25, -0.2) is 0 Å². The first-order chi connectivity index (χ1) is 9.78. The van der Waals surface area contributed by atoms with Gasteiger partial charge < -0.3 is 10.1 Å². The molecule has 0 spiro atoms. The number of ether oxygens (including phenoxy) is 1. The molecule has 20 heavy (non-hydrogen) atoms. The molecule has 3 rings (SSSR count). The fourth-order valence-electron chi connectivity index (χ4n) is 3.03. The van der Waals surface area contributed by atoms with E-state index in [-0.39, 0.29) is 0 Å². The van der Waals surface area contributed by atoms with Crippen molar-refractivity contribution in [2.24, 2.45) is 11.8 Å². The zero-order valence-corrected chi connectivity index (χ0v) is 12.4. The van der Waals surface area contributed by atoms with Gasteiger partial charge in [0.25, 0.3) is 0 Å². The maximum absolute atomic E-state index is 5.37. The van der Waals surface area contributed by atoms with Crippen molar-refractivity contribution in [2.75, 3.05) is 19.0 Å². The van der Waals surface area contributed by atoms with Gasteiger partial charge in [-0.2, -0.15) is 0 Å². The maximum Gasteiger partial charge on any atom is 0.141 e. The predicted octanol–water partition coefficient (Wildman–Crippen LogP) is 4.41. The van der Waals surface area contributed by atoms with E-state index in [0.717, 1.165) is 29.8 Å². The van der Waals surface area contributed by atoms with E-state index in [4.69, 9.17) is 4.74 Å². The smallest absolute Gasteiger partial charge is 0.141 e. The minimum Gasteiger partial charge on any atom is -0.495 e. The van der Waals surface area contributed by atoms with Crippen LogP contribution in [0.4, 0.5) is 5.69 Å². The van der Waals surface area contributed by atoms with Crippen LogP contribution in [-0.2, 0) is 0 Å². The number of hydrogen-bond acceptors (Lipinski definition) is 2. The van der Waals surface area contributed by atoms with Crippen molar-refractivity contribution in [1.82, 2.24) is 0 Å². The fraction of sp³-hybridized carbons (Fsp3) is 0.444. The SMILES string of the molecule is COc1ccccc1NCC1CC1C1=CC=C(C)CC1. The van der Waals surface area contributed by atoms with Crippen molar-refractivity contribution in [3.05, 3.63) is 47.6 Å². The molecule has 0 aromatic heterocycles. The largest absolute Gasteiger partial charge is 0.495 e. The Hall–Kier alpha value is -1.70. The van der Waals surface area contributed by atoms with Gasteiger partial charge in [0.15, 0.2) is 0 Å². The summed E-state index contributed by atoms with van der Waals surface area (Å²) in [7, 11) is 1.72. The minimum absolute atomic E-state index is 0.790. The van der Waals surface area contributed by atoms with Gasteiger partial charge in [0.1, 0.15) is 5.75 Å². The van der Waals surface area contributed by atoms with E-state index in [1.807, 2.05) is 18.2 Å². The molecule has 0 amide bonds. The van der Waals surface area contributed by atoms with Crippen molar-refractivity contribution in [2.45, 2.75) is 26.2 Å². The Bertz CT molecular complexity index is 544. The lowest BCUT2D eigenvalue weighted by atomic mass is 9.95. The van der Waals surface area contributed by atoms with Crippen molar-refractivity contribution in [3.8, 4) is 5.75 Å². The molecule has 2 aliphatic carbocycles. The Labute approximate surface area is 121 Å². The van der Waals surface area contributed by atoms with Crippen LogP contribution in [0.3, 0.4) is 0 Å². The van der Waals surface area contributed by atoms with Crippen molar-refractivity contribution < 1.29 is 4.74 Å². The molecule has 0 radical (unpaired) electrons. The molecule has 0 bridgehead atoms. The van der Waals surface area contributed by atoms with Crippen LogP contribution >= 0.6 is 0 Å². The molecule has 2 heteroatoms. The van der Waals surface area contributed by atoms with E-state index in [1.54, 1.807) is 12.7 Å². The molecule has 106 valence electrons. The van der Waals surface area contributed by atoms with Gasteiger partial charge >= 0.3 is 0 Å². The quantitative estimate of drug-likeness (QED) is 0.855. The number of nitrogens with one attached hydrogen (secondary N) is 1. The molecule has 2 unspecified atom stereocenters. The third kappa shape index (κ3) is 2.90. The Morgan fingerprint density at radius 2 is 2.05 bits per heavy atom. The lowest BCUT2D eigenvalue weighted by Gasteiger charge is -2.13. The van der Waals surface area contributed by atoms with E-state index >= 15 is 0 Å². The van der Waals surface area contributed by atoms with E-state index in [1.165, 1.54) is 24.8 Å². The van der Waals surface area contributed by atoms with Gasteiger partial charge in [0.05, 0.1) is 12.8 Å². The van der Waals surface area contributed by atoms with Gasteiger partial charge in [-0.15, -0.1) is 0 Å². The normalized spacial score (nSPS) is 24.7. The van der Waals surface area contributed by atoms with Crippen LogP contribution in [-0.4, -0.2) is 13.7 Å². The van der Waals surface area contributed by atoms with Crippen LogP contribution in [0.5, 0.6) is 5.75 Å². The van der Waals surface area contributed by atoms with Gasteiger partial charge in [-0.05, 0) is 50.2 Å². The molecule has 0 saturated heterocycles. The second-order valence-electron chi connectivity index (χ2n) is 5.94. The van der Waals surface area contributed by atoms with Crippen LogP contribution in [0.25, 0.3) is 0 Å². The highest BCUT2D eigenvalue weighted by Crippen LogP contribution is 2.47. The molecule has 2 nitrogen and oxygen atoms in total. The highest BCUT2D eigenvalue weighted by atomic mass is 16.5. The fourth-order valence-corrected chi connectivity index (χ4v) is 3.03. The summed E-state index contributed by atoms with van der Waals surface area (Å²) in [6, 6.07) is 8.14. The minimum atomic E-state index is 0.790. The van der Waals surface area contributed by atoms with Crippen LogP contribution in [0, 0.1) is 11.8 Å². The summed E-state index contributed by atoms with van der Waals surface area (Å²) < 4.78 is 5.37. The van der Waals surface area contributed by atoms with Gasteiger partial charge in [0, 0.05) is 6.54 Å². The van der Waals surface area contributed by atoms with Gasteiger partial charge in [-0.3, -0.25) is 0 Å². The lowest BCUT2D eigenvalue weighted by molar-refractivity contribution is 0.416. The number of benzene rings is 1. The second kappa shape index (κ2) is 5.74. The van der Waals surface area contributed by atoms with Crippen molar-refractivity contribution >= 4 is 5.69 Å². The third-order valence-electron chi connectivity index (χ3n) is 4.45. The Balaban J connectivity index is 1.54. The Kier molecular flexibility index (Phi) is 3.81. The molecule has 1 N–H and O–H groups in total. The highest BCUT2D eigenvalue weighted by molar-refractivity contribution is 5.56. The Morgan fingerprint density at radius 1 is 1.20 bits per heavy atom. The van der Waals surface area contributed by atoms with Crippen LogP contribution in [0.1, 0.15) is 26.2 Å². The Morgan fingerprint density at radius 3 is 2.80 bits per heavy atom. The lowest BCUT2D eigenvalue weighted by Crippen LogP contribution is -2.07. The summed E-state index contributed by atoms with van der Waals surface area (Å²) in [6.07, 6.45) is 8.49. The first-order valence-electron chi connectivity index (χ1n) is 7.51. The molecular weight excluding hydrogens is 246 g/mol. The summed E-state index contributed by atoms with van der Waals surface area (Å²) in [5.41, 5.74) is 4.27. The molecule has 1 fully saturated rings. The van der Waals surface area contributed by atoms with Crippen molar-refractivity contribution in [3.63, 3.8) is 0 Å². The maximum atomic E-state index is 5.37. The van der Waals surface area contributed by atoms with E-state index in [2.05, 4.69) is 30.5 Å². The monoisotopic (exact) mass is 269 g/mol. The van der Waals surface area contributed by atoms with Crippen LogP contribution in [0.2, 0.25) is 0 Å². The summed E-state index contributed by atoms with van der Waals surface area (Å²) in [5.74, 6) is 2.53. The average molecular weight is 269 g/mol. The molecule has 0 heterocycles. The number of anilines is 1. The summed E-state index contributed by atoms with van der Waals surface area (Å²) in [4.78, 5) is 0. The molecule has 2 atom stereocenters. The number of methoxy groups -OCH3 is 1. The van der Waals surface area contributed by atoms with E-state index in [9.17, 15) is 0 Å². The molecule has 2 aliphatic rings. The molecule has 1 aromatic carbocycles. The summed E-state index contributed by atoms with van der Waals surface area (Å²) in [5, 5.41) is 3.54. The third-order valence-corrected chi connectivity index (χ3v) is 4.45. The van der Waals surface area contributed by atoms with Crippen molar-refractivity contribution in [1.29, 1.82) is 0 Å². The molecule has 0 aliphatic heterocycles. The standard InChI is InChI=1S/C18H23NO/c1-13-7-9-14(10-8-13)16-11-15(16)12-19-17-5-3-4-6-18(17)20-2/h3-7,9,15-16,19H,8,10-12H2,1-2H3. The number of allylic oxidation sites excluding steroid dienone is 4. The number of hydrogen-bond donors (Lipinski definition) is 1. The zero-order valence-electron chi connectivity index (χ0n) is 12.4. The second-order valence-corrected chi connectivity index (χ2v) is 5.94. The predicted molar refractivity (Wildman–Crippen MR) is 84.2 cm³/mol. The highest BCUT2D eigenvalue weighted by Gasteiger charge is 2.39. The van der Waals surface area contributed by atoms with Crippen LogP contribution in [0.15, 0.2) is 47.6 Å².